The molecule has 0 aliphatic carbocycles. The quantitative estimate of drug-likeness (QED) is 0.255. The first kappa shape index (κ1) is 32.1. The van der Waals surface area contributed by atoms with Gasteiger partial charge in [-0.1, -0.05) is 102 Å². The van der Waals surface area contributed by atoms with E-state index in [-0.39, 0.29) is 11.6 Å². The Morgan fingerprint density at radius 3 is 1.85 bits per heavy atom. The van der Waals surface area contributed by atoms with Crippen LogP contribution in [-0.2, 0) is 19.5 Å². The van der Waals surface area contributed by atoms with Crippen LogP contribution in [0.3, 0.4) is 0 Å². The molecule has 5 rings (SSSR count). The molecule has 0 N–H and O–H groups in total. The van der Waals surface area contributed by atoms with Crippen molar-refractivity contribution in [2.75, 3.05) is 6.54 Å². The predicted octanol–water partition coefficient (Wildman–Crippen LogP) is 7.90. The summed E-state index contributed by atoms with van der Waals surface area (Å²) in [5, 5.41) is 1.09. The Morgan fingerprint density at radius 2 is 1.36 bits per heavy atom. The fourth-order valence-corrected chi connectivity index (χ4v) is 5.77. The van der Waals surface area contributed by atoms with E-state index in [2.05, 4.69) is 41.1 Å². The Balaban J connectivity index is 0.000000833. The van der Waals surface area contributed by atoms with Crippen molar-refractivity contribution >= 4 is 11.3 Å². The van der Waals surface area contributed by atoms with Gasteiger partial charge in [-0.05, 0) is 31.9 Å². The standard InChI is InChI=1S/C27H28N4OS.3C2H6/c1-18-25(33-20(3)28-18)17-30-15-14-24-23(16-30)27(32)31(19(2)29-24)26(21-10-6-4-7-11-21)22-12-8-5-9-13-22;3*1-2/h4-13,26H,14-17H2,1-3H3;3*1-2H3. The molecule has 2 aromatic carbocycles. The van der Waals surface area contributed by atoms with Gasteiger partial charge >= 0.3 is 0 Å². The molecule has 2 aromatic heterocycles. The van der Waals surface area contributed by atoms with Gasteiger partial charge < -0.3 is 0 Å². The highest BCUT2D eigenvalue weighted by Crippen LogP contribution is 2.28. The lowest BCUT2D eigenvalue weighted by atomic mass is 9.97. The lowest BCUT2D eigenvalue weighted by molar-refractivity contribution is 0.241. The van der Waals surface area contributed by atoms with Gasteiger partial charge in [0.05, 0.1) is 28.0 Å². The highest BCUT2D eigenvalue weighted by molar-refractivity contribution is 7.11. The maximum atomic E-state index is 14.0. The van der Waals surface area contributed by atoms with Gasteiger partial charge in [0.15, 0.2) is 0 Å². The van der Waals surface area contributed by atoms with Crippen LogP contribution in [0.5, 0.6) is 0 Å². The molecule has 39 heavy (non-hydrogen) atoms. The minimum Gasteiger partial charge on any atom is -0.293 e. The van der Waals surface area contributed by atoms with Crippen molar-refractivity contribution in [3.8, 4) is 0 Å². The third kappa shape index (κ3) is 7.74. The summed E-state index contributed by atoms with van der Waals surface area (Å²) in [4.78, 5) is 27.1. The Morgan fingerprint density at radius 1 is 0.821 bits per heavy atom. The second-order valence-corrected chi connectivity index (χ2v) is 9.97. The van der Waals surface area contributed by atoms with Crippen molar-refractivity contribution in [1.82, 2.24) is 19.4 Å². The molecule has 0 atom stereocenters. The molecule has 4 aromatic rings. The Labute approximate surface area is 239 Å². The van der Waals surface area contributed by atoms with E-state index in [4.69, 9.17) is 4.98 Å². The van der Waals surface area contributed by atoms with Gasteiger partial charge in [0, 0.05) is 30.9 Å². The lowest BCUT2D eigenvalue weighted by Crippen LogP contribution is -2.40. The van der Waals surface area contributed by atoms with Gasteiger partial charge in [0.2, 0.25) is 0 Å². The van der Waals surface area contributed by atoms with E-state index in [1.165, 1.54) is 4.88 Å². The summed E-state index contributed by atoms with van der Waals surface area (Å²) < 4.78 is 1.88. The van der Waals surface area contributed by atoms with Crippen molar-refractivity contribution in [1.29, 1.82) is 0 Å². The largest absolute Gasteiger partial charge is 0.293 e. The summed E-state index contributed by atoms with van der Waals surface area (Å²) in [5.41, 5.74) is 5.09. The summed E-state index contributed by atoms with van der Waals surface area (Å²) in [6.45, 7) is 20.4. The maximum Gasteiger partial charge on any atom is 0.259 e. The highest BCUT2D eigenvalue weighted by Gasteiger charge is 2.27. The van der Waals surface area contributed by atoms with Crippen molar-refractivity contribution < 1.29 is 0 Å². The van der Waals surface area contributed by atoms with Crippen molar-refractivity contribution in [2.24, 2.45) is 0 Å². The molecule has 0 radical (unpaired) electrons. The SMILES string of the molecule is CC.CC.CC.Cc1nc(C)c(CN2CCc3nc(C)n(C(c4ccccc4)c4ccccc4)c(=O)c3C2)s1. The molecule has 0 fully saturated rings. The normalized spacial score (nSPS) is 12.3. The van der Waals surface area contributed by atoms with Crippen molar-refractivity contribution in [2.45, 2.75) is 87.9 Å². The van der Waals surface area contributed by atoms with Gasteiger partial charge in [-0.15, -0.1) is 11.3 Å². The topological polar surface area (TPSA) is 51.0 Å². The number of benzene rings is 2. The maximum absolute atomic E-state index is 14.0. The summed E-state index contributed by atoms with van der Waals surface area (Å²) in [6.07, 6.45) is 0.796. The third-order valence-corrected chi connectivity index (χ3v) is 7.43. The number of fused-ring (bicyclic) bond motifs is 1. The number of aryl methyl sites for hydroxylation is 3. The van der Waals surface area contributed by atoms with Crippen LogP contribution in [0.4, 0.5) is 0 Å². The Kier molecular flexibility index (Phi) is 13.3. The van der Waals surface area contributed by atoms with Crippen LogP contribution >= 0.6 is 11.3 Å². The van der Waals surface area contributed by atoms with Gasteiger partial charge in [-0.3, -0.25) is 14.3 Å². The van der Waals surface area contributed by atoms with Crippen LogP contribution < -0.4 is 5.56 Å². The van der Waals surface area contributed by atoms with Crippen molar-refractivity contribution in [3.05, 3.63) is 115 Å². The Hall–Kier alpha value is -3.09. The van der Waals surface area contributed by atoms with Gasteiger partial charge in [0.25, 0.3) is 5.56 Å². The molecule has 0 unspecified atom stereocenters. The minimum atomic E-state index is -0.209. The fourth-order valence-electron chi connectivity index (χ4n) is 4.79. The third-order valence-electron chi connectivity index (χ3n) is 6.37. The number of hydrogen-bond acceptors (Lipinski definition) is 5. The molecule has 0 bridgehead atoms. The molecular weight excluding hydrogens is 500 g/mol. The molecule has 6 heteroatoms. The molecule has 0 amide bonds. The summed E-state index contributed by atoms with van der Waals surface area (Å²) >= 11 is 1.75. The molecule has 3 heterocycles. The van der Waals surface area contributed by atoms with Crippen LogP contribution in [0, 0.1) is 20.8 Å². The summed E-state index contributed by atoms with van der Waals surface area (Å²) in [6, 6.07) is 20.3. The predicted molar refractivity (Wildman–Crippen MR) is 167 cm³/mol. The van der Waals surface area contributed by atoms with Gasteiger partial charge in [-0.2, -0.15) is 0 Å². The van der Waals surface area contributed by atoms with Gasteiger partial charge in [0.1, 0.15) is 5.82 Å². The molecule has 0 spiro atoms. The van der Waals surface area contributed by atoms with Crippen LogP contribution in [0.2, 0.25) is 0 Å². The number of aromatic nitrogens is 3. The first-order chi connectivity index (χ1) is 19.0. The van der Waals surface area contributed by atoms with E-state index in [9.17, 15) is 4.79 Å². The van der Waals surface area contributed by atoms with E-state index < -0.39 is 0 Å². The second-order valence-electron chi connectivity index (χ2n) is 8.69. The average molecular weight is 547 g/mol. The van der Waals surface area contributed by atoms with Crippen LogP contribution in [0.1, 0.15) is 91.4 Å². The first-order valence-electron chi connectivity index (χ1n) is 14.4. The van der Waals surface area contributed by atoms with E-state index in [1.54, 1.807) is 11.3 Å². The fraction of sp³-hybridized carbons (Fsp3) is 0.424. The van der Waals surface area contributed by atoms with Crippen LogP contribution in [0.15, 0.2) is 65.5 Å². The number of hydrogen-bond donors (Lipinski definition) is 0. The number of rotatable bonds is 5. The monoisotopic (exact) mass is 546 g/mol. The second kappa shape index (κ2) is 16.1. The highest BCUT2D eigenvalue weighted by atomic mass is 32.1. The smallest absolute Gasteiger partial charge is 0.259 e. The number of thiazole rings is 1. The average Bonchev–Trinajstić information content (AvgIpc) is 3.31. The molecule has 210 valence electrons. The van der Waals surface area contributed by atoms with Gasteiger partial charge in [-0.25, -0.2) is 9.97 Å². The lowest BCUT2D eigenvalue weighted by Gasteiger charge is -2.30. The summed E-state index contributed by atoms with van der Waals surface area (Å²) in [5.74, 6) is 0.763. The first-order valence-corrected chi connectivity index (χ1v) is 15.2. The zero-order valence-corrected chi connectivity index (χ0v) is 26.1. The van der Waals surface area contributed by atoms with Crippen LogP contribution in [0.25, 0.3) is 0 Å². The van der Waals surface area contributed by atoms with E-state index in [0.29, 0.717) is 6.54 Å². The Bertz CT molecular complexity index is 1290. The van der Waals surface area contributed by atoms with E-state index in [0.717, 1.165) is 58.4 Å². The molecule has 5 nitrogen and oxygen atoms in total. The molecule has 1 aliphatic heterocycles. The zero-order valence-electron chi connectivity index (χ0n) is 25.3. The van der Waals surface area contributed by atoms with E-state index >= 15 is 0 Å². The molecule has 0 saturated carbocycles. The summed E-state index contributed by atoms with van der Waals surface area (Å²) in [7, 11) is 0. The molecule has 0 saturated heterocycles. The molecular formula is C33H46N4OS. The van der Waals surface area contributed by atoms with E-state index in [1.807, 2.05) is 96.4 Å². The zero-order chi connectivity index (χ0) is 28.9. The number of nitrogens with zero attached hydrogens (tertiary/aromatic N) is 4. The van der Waals surface area contributed by atoms with Crippen LogP contribution in [-0.4, -0.2) is 26.0 Å². The minimum absolute atomic E-state index is 0.0668. The van der Waals surface area contributed by atoms with Crippen molar-refractivity contribution in [3.63, 3.8) is 0 Å². The molecule has 1 aliphatic rings.